The quantitative estimate of drug-likeness (QED) is 0.236. The van der Waals surface area contributed by atoms with Crippen LogP contribution in [0.3, 0.4) is 0 Å². The van der Waals surface area contributed by atoms with E-state index in [9.17, 15) is 9.18 Å². The van der Waals surface area contributed by atoms with Gasteiger partial charge in [-0.25, -0.2) is 14.2 Å². The Bertz CT molecular complexity index is 1420. The summed E-state index contributed by atoms with van der Waals surface area (Å²) >= 11 is 0. The van der Waals surface area contributed by atoms with Crippen LogP contribution in [-0.4, -0.2) is 42.4 Å². The maximum Gasteiger partial charge on any atom is 0.340 e. The van der Waals surface area contributed by atoms with Crippen molar-refractivity contribution in [2.24, 2.45) is 5.41 Å². The number of hydrogen-bond acceptors (Lipinski definition) is 7. The molecule has 0 saturated carbocycles. The van der Waals surface area contributed by atoms with Gasteiger partial charge in [0.05, 0.1) is 24.0 Å². The Balaban J connectivity index is 1.75. The second kappa shape index (κ2) is 13.6. The maximum absolute atomic E-state index is 13.7. The molecule has 1 aliphatic heterocycles. The number of nitrogens with two attached hydrogens (primary N) is 1. The molecule has 0 bridgehead atoms. The van der Waals surface area contributed by atoms with Crippen molar-refractivity contribution in [2.75, 3.05) is 30.3 Å². The van der Waals surface area contributed by atoms with E-state index in [1.54, 1.807) is 12.1 Å². The molecule has 3 aromatic rings. The molecule has 44 heavy (non-hydrogen) atoms. The van der Waals surface area contributed by atoms with Crippen LogP contribution >= 0.6 is 0 Å². The normalized spacial score (nSPS) is 15.7. The van der Waals surface area contributed by atoms with Crippen molar-refractivity contribution in [3.63, 3.8) is 0 Å². The molecular weight excluding hydrogens is 557 g/mol. The molecule has 0 spiro atoms. The van der Waals surface area contributed by atoms with Crippen LogP contribution < -0.4 is 15.4 Å². The molecule has 2 heterocycles. The zero-order chi connectivity index (χ0) is 32.2. The van der Waals surface area contributed by atoms with Crippen molar-refractivity contribution in [3.05, 3.63) is 71.2 Å². The molecule has 7 nitrogen and oxygen atoms in total. The van der Waals surface area contributed by atoms with Gasteiger partial charge in [0, 0.05) is 36.3 Å². The van der Waals surface area contributed by atoms with Gasteiger partial charge in [-0.15, -0.1) is 0 Å². The number of aromatic nitrogens is 1. The van der Waals surface area contributed by atoms with E-state index in [1.807, 2.05) is 65.8 Å². The van der Waals surface area contributed by atoms with Crippen LogP contribution in [0, 0.1) is 18.2 Å². The average Bonchev–Trinajstić information content (AvgIpc) is 2.92. The first kappa shape index (κ1) is 33.2. The first-order valence-electron chi connectivity index (χ1n) is 15.5. The second-order valence-electron chi connectivity index (χ2n) is 13.7. The molecule has 0 unspecified atom stereocenters. The highest BCUT2D eigenvalue weighted by Gasteiger charge is 2.37. The zero-order valence-corrected chi connectivity index (χ0v) is 27.5. The highest BCUT2D eigenvalue weighted by Crippen LogP contribution is 2.46. The number of esters is 1. The summed E-state index contributed by atoms with van der Waals surface area (Å²) in [4.78, 5) is 20.8. The van der Waals surface area contributed by atoms with Crippen molar-refractivity contribution in [1.82, 2.24) is 4.98 Å². The van der Waals surface area contributed by atoms with E-state index in [1.165, 1.54) is 12.1 Å². The number of pyridine rings is 1. The predicted octanol–water partition coefficient (Wildman–Crippen LogP) is 7.83. The molecule has 1 aromatic heterocycles. The van der Waals surface area contributed by atoms with Gasteiger partial charge < -0.3 is 24.8 Å². The highest BCUT2D eigenvalue weighted by atomic mass is 19.1. The summed E-state index contributed by atoms with van der Waals surface area (Å²) in [6, 6.07) is 14.2. The third-order valence-electron chi connectivity index (χ3n) is 7.87. The van der Waals surface area contributed by atoms with Crippen molar-refractivity contribution in [3.8, 4) is 16.9 Å². The van der Waals surface area contributed by atoms with Crippen LogP contribution in [0.5, 0.6) is 5.75 Å². The number of halogens is 1. The van der Waals surface area contributed by atoms with Gasteiger partial charge in [-0.05, 0) is 95.2 Å². The SMILES string of the molecule is Cc1nc(N)c(-c2ccc(OCCc3ccc(F)cc3)cc2)c(N2CCC(C)(C)CC2)c1[C@H](OC(C)(C)C)C(=O)OC(C)C. The minimum Gasteiger partial charge on any atom is -0.493 e. The Morgan fingerprint density at radius 3 is 2.23 bits per heavy atom. The summed E-state index contributed by atoms with van der Waals surface area (Å²) in [7, 11) is 0. The van der Waals surface area contributed by atoms with E-state index >= 15 is 0 Å². The molecular formula is C36H48FN3O4. The number of carbonyl (C=O) groups excluding carboxylic acids is 1. The second-order valence-corrected chi connectivity index (χ2v) is 13.7. The fourth-order valence-electron chi connectivity index (χ4n) is 5.51. The minimum atomic E-state index is -0.983. The monoisotopic (exact) mass is 605 g/mol. The largest absolute Gasteiger partial charge is 0.493 e. The van der Waals surface area contributed by atoms with E-state index in [0.29, 0.717) is 35.9 Å². The molecule has 8 heteroatoms. The number of nitrogen functional groups attached to an aromatic ring is 1. The number of piperidine rings is 1. The topological polar surface area (TPSA) is 86.9 Å². The Hall–Kier alpha value is -3.65. The van der Waals surface area contributed by atoms with E-state index < -0.39 is 17.7 Å². The maximum atomic E-state index is 13.7. The van der Waals surface area contributed by atoms with Crippen LogP contribution in [0.15, 0.2) is 48.5 Å². The summed E-state index contributed by atoms with van der Waals surface area (Å²) in [6.45, 7) is 18.0. The molecule has 1 aliphatic rings. The Kier molecular flexibility index (Phi) is 10.2. The number of anilines is 2. The van der Waals surface area contributed by atoms with Crippen LogP contribution in [0.4, 0.5) is 15.9 Å². The van der Waals surface area contributed by atoms with Gasteiger partial charge in [0.1, 0.15) is 17.4 Å². The van der Waals surface area contributed by atoms with E-state index in [4.69, 9.17) is 24.9 Å². The molecule has 0 amide bonds. The van der Waals surface area contributed by atoms with Gasteiger partial charge in [-0.2, -0.15) is 0 Å². The van der Waals surface area contributed by atoms with Crippen molar-refractivity contribution in [1.29, 1.82) is 0 Å². The number of nitrogens with zero attached hydrogens (tertiary/aromatic N) is 2. The molecule has 2 N–H and O–H groups in total. The lowest BCUT2D eigenvalue weighted by Crippen LogP contribution is -2.39. The third kappa shape index (κ3) is 8.50. The average molecular weight is 606 g/mol. The van der Waals surface area contributed by atoms with E-state index in [-0.39, 0.29) is 17.3 Å². The molecule has 0 radical (unpaired) electrons. The smallest absolute Gasteiger partial charge is 0.340 e. The highest BCUT2D eigenvalue weighted by molar-refractivity contribution is 5.92. The number of rotatable bonds is 10. The fourth-order valence-corrected chi connectivity index (χ4v) is 5.51. The van der Waals surface area contributed by atoms with E-state index in [2.05, 4.69) is 18.7 Å². The molecule has 1 atom stereocenters. The predicted molar refractivity (Wildman–Crippen MR) is 174 cm³/mol. The Morgan fingerprint density at radius 2 is 1.66 bits per heavy atom. The number of ether oxygens (including phenoxy) is 3. The van der Waals surface area contributed by atoms with Crippen molar-refractivity contribution >= 4 is 17.5 Å². The Labute approximate surface area is 261 Å². The molecule has 238 valence electrons. The van der Waals surface area contributed by atoms with Crippen molar-refractivity contribution in [2.45, 2.75) is 92.5 Å². The van der Waals surface area contributed by atoms with Crippen LogP contribution in [0.2, 0.25) is 0 Å². The zero-order valence-electron chi connectivity index (χ0n) is 27.5. The van der Waals surface area contributed by atoms with Crippen LogP contribution in [-0.2, 0) is 20.7 Å². The molecule has 0 aliphatic carbocycles. The lowest BCUT2D eigenvalue weighted by atomic mass is 9.82. The first-order chi connectivity index (χ1) is 20.6. The Morgan fingerprint density at radius 1 is 1.05 bits per heavy atom. The van der Waals surface area contributed by atoms with Crippen molar-refractivity contribution < 1.29 is 23.4 Å². The fraction of sp³-hybridized carbons (Fsp3) is 0.500. The number of carbonyl (C=O) groups is 1. The van der Waals surface area contributed by atoms with Gasteiger partial charge in [-0.1, -0.05) is 38.1 Å². The van der Waals surface area contributed by atoms with Crippen LogP contribution in [0.25, 0.3) is 11.1 Å². The summed E-state index contributed by atoms with van der Waals surface area (Å²) in [5.41, 5.74) is 11.1. The summed E-state index contributed by atoms with van der Waals surface area (Å²) in [6.07, 6.45) is 1.37. The number of benzene rings is 2. The lowest BCUT2D eigenvalue weighted by molar-refractivity contribution is -0.171. The third-order valence-corrected chi connectivity index (χ3v) is 7.87. The van der Waals surface area contributed by atoms with Gasteiger partial charge >= 0.3 is 5.97 Å². The van der Waals surface area contributed by atoms with Crippen LogP contribution in [0.1, 0.15) is 84.2 Å². The summed E-state index contributed by atoms with van der Waals surface area (Å²) in [5, 5.41) is 0. The number of aryl methyl sites for hydroxylation is 1. The first-order valence-corrected chi connectivity index (χ1v) is 15.5. The molecule has 4 rings (SSSR count). The minimum absolute atomic E-state index is 0.217. The van der Waals surface area contributed by atoms with Gasteiger partial charge in [0.2, 0.25) is 0 Å². The number of hydrogen-bond donors (Lipinski definition) is 1. The van der Waals surface area contributed by atoms with Gasteiger partial charge in [0.25, 0.3) is 0 Å². The standard InChI is InChI=1S/C36H48FN3O4/c1-23(2)43-34(41)32(44-35(4,5)6)29-24(3)39-33(38)30(31(29)40-20-18-36(7,8)19-21-40)26-11-15-28(16-12-26)42-22-17-25-9-13-27(37)14-10-25/h9-16,23,32H,17-22H2,1-8H3,(H2,38,39)/t32-/m0/s1. The van der Waals surface area contributed by atoms with Gasteiger partial charge in [-0.3, -0.25) is 0 Å². The van der Waals surface area contributed by atoms with Gasteiger partial charge in [0.15, 0.2) is 6.10 Å². The summed E-state index contributed by atoms with van der Waals surface area (Å²) in [5.74, 6) is 0.409. The van der Waals surface area contributed by atoms with E-state index in [0.717, 1.165) is 48.3 Å². The lowest BCUT2D eigenvalue weighted by Gasteiger charge is -2.41. The summed E-state index contributed by atoms with van der Waals surface area (Å²) < 4.78 is 31.4. The molecule has 1 saturated heterocycles. The molecule has 1 fully saturated rings. The molecule has 2 aromatic carbocycles.